The molecule has 1 aromatic rings. The molecule has 0 spiro atoms. The van der Waals surface area contributed by atoms with E-state index in [1.54, 1.807) is 12.1 Å². The molecule has 19 heavy (non-hydrogen) atoms. The molecule has 3 nitrogen and oxygen atoms in total. The average molecular weight is 261 g/mol. The van der Waals surface area contributed by atoms with Gasteiger partial charge in [0.2, 0.25) is 0 Å². The summed E-state index contributed by atoms with van der Waals surface area (Å²) >= 11 is 0. The molecule has 1 fully saturated rings. The lowest BCUT2D eigenvalue weighted by Gasteiger charge is -2.26. The Morgan fingerprint density at radius 1 is 1.42 bits per heavy atom. The van der Waals surface area contributed by atoms with E-state index in [4.69, 9.17) is 0 Å². The summed E-state index contributed by atoms with van der Waals surface area (Å²) in [6.07, 6.45) is 4.96. The highest BCUT2D eigenvalue weighted by atomic mass is 16.3. The van der Waals surface area contributed by atoms with Gasteiger partial charge in [-0.25, -0.2) is 0 Å². The smallest absolute Gasteiger partial charge is 0.255 e. The van der Waals surface area contributed by atoms with Crippen LogP contribution in [0, 0.1) is 18.8 Å². The SMILES string of the molecule is Cc1ccc(C(=O)NCC2CCCC(C)C2)c(O)c1. The molecule has 1 amide bonds. The lowest BCUT2D eigenvalue weighted by atomic mass is 9.82. The van der Waals surface area contributed by atoms with Gasteiger partial charge in [-0.2, -0.15) is 0 Å². The number of rotatable bonds is 3. The highest BCUT2D eigenvalue weighted by molar-refractivity contribution is 5.96. The second-order valence-corrected chi connectivity index (χ2v) is 5.87. The van der Waals surface area contributed by atoms with Crippen LogP contribution in [-0.2, 0) is 0 Å². The molecule has 0 radical (unpaired) electrons. The minimum atomic E-state index is -0.171. The topological polar surface area (TPSA) is 49.3 Å². The minimum absolute atomic E-state index is 0.0644. The largest absolute Gasteiger partial charge is 0.507 e. The number of amides is 1. The van der Waals surface area contributed by atoms with Crippen molar-refractivity contribution in [3.05, 3.63) is 29.3 Å². The van der Waals surface area contributed by atoms with Gasteiger partial charge in [-0.15, -0.1) is 0 Å². The standard InChI is InChI=1S/C16H23NO2/c1-11-4-3-5-13(8-11)10-17-16(19)14-7-6-12(2)9-15(14)18/h6-7,9,11,13,18H,3-5,8,10H2,1-2H3,(H,17,19). The van der Waals surface area contributed by atoms with Crippen LogP contribution in [0.3, 0.4) is 0 Å². The number of hydrogen-bond donors (Lipinski definition) is 2. The number of aryl methyl sites for hydroxylation is 1. The van der Waals surface area contributed by atoms with E-state index < -0.39 is 0 Å². The Bertz CT molecular complexity index is 456. The fourth-order valence-electron chi connectivity index (χ4n) is 2.91. The van der Waals surface area contributed by atoms with Crippen LogP contribution in [0.1, 0.15) is 48.5 Å². The summed E-state index contributed by atoms with van der Waals surface area (Å²) in [6.45, 7) is 4.89. The van der Waals surface area contributed by atoms with Crippen molar-refractivity contribution in [2.45, 2.75) is 39.5 Å². The van der Waals surface area contributed by atoms with Crippen LogP contribution < -0.4 is 5.32 Å². The molecule has 1 aliphatic carbocycles. The molecule has 0 saturated heterocycles. The first-order chi connectivity index (χ1) is 9.06. The minimum Gasteiger partial charge on any atom is -0.507 e. The number of phenolic OH excluding ortho intramolecular Hbond substituents is 1. The fraction of sp³-hybridized carbons (Fsp3) is 0.562. The van der Waals surface area contributed by atoms with Crippen LogP contribution in [0.15, 0.2) is 18.2 Å². The van der Waals surface area contributed by atoms with Crippen LogP contribution in [0.25, 0.3) is 0 Å². The quantitative estimate of drug-likeness (QED) is 0.877. The number of carbonyl (C=O) groups excluding carboxylic acids is 1. The Hall–Kier alpha value is -1.51. The van der Waals surface area contributed by atoms with E-state index in [0.29, 0.717) is 11.5 Å². The predicted molar refractivity (Wildman–Crippen MR) is 76.3 cm³/mol. The van der Waals surface area contributed by atoms with Gasteiger partial charge in [-0.05, 0) is 49.3 Å². The van der Waals surface area contributed by atoms with Gasteiger partial charge in [0.05, 0.1) is 5.56 Å². The lowest BCUT2D eigenvalue weighted by molar-refractivity contribution is 0.0938. The number of aromatic hydroxyl groups is 1. The van der Waals surface area contributed by atoms with Crippen molar-refractivity contribution in [2.75, 3.05) is 6.54 Å². The number of nitrogens with one attached hydrogen (secondary N) is 1. The molecule has 1 saturated carbocycles. The van der Waals surface area contributed by atoms with E-state index in [1.165, 1.54) is 25.7 Å². The zero-order chi connectivity index (χ0) is 13.8. The van der Waals surface area contributed by atoms with E-state index in [1.807, 2.05) is 13.0 Å². The third-order valence-corrected chi connectivity index (χ3v) is 3.99. The Labute approximate surface area is 115 Å². The number of hydrogen-bond acceptors (Lipinski definition) is 2. The van der Waals surface area contributed by atoms with Crippen molar-refractivity contribution >= 4 is 5.91 Å². The molecule has 1 aromatic carbocycles. The van der Waals surface area contributed by atoms with Gasteiger partial charge in [0.1, 0.15) is 5.75 Å². The molecule has 1 aliphatic rings. The molecular weight excluding hydrogens is 238 g/mol. The van der Waals surface area contributed by atoms with Gasteiger partial charge in [-0.1, -0.05) is 25.8 Å². The summed E-state index contributed by atoms with van der Waals surface area (Å²) in [7, 11) is 0. The summed E-state index contributed by atoms with van der Waals surface area (Å²) in [6, 6.07) is 5.15. The maximum absolute atomic E-state index is 12.0. The first-order valence-corrected chi connectivity index (χ1v) is 7.14. The van der Waals surface area contributed by atoms with Gasteiger partial charge in [0.25, 0.3) is 5.91 Å². The van der Waals surface area contributed by atoms with Gasteiger partial charge in [0, 0.05) is 6.54 Å². The first-order valence-electron chi connectivity index (χ1n) is 7.14. The van der Waals surface area contributed by atoms with Gasteiger partial charge in [0.15, 0.2) is 0 Å². The highest BCUT2D eigenvalue weighted by Crippen LogP contribution is 2.28. The Kier molecular flexibility index (Phi) is 4.46. The average Bonchev–Trinajstić information content (AvgIpc) is 2.36. The molecule has 2 unspecified atom stereocenters. The third kappa shape index (κ3) is 3.72. The van der Waals surface area contributed by atoms with Crippen molar-refractivity contribution in [3.8, 4) is 5.75 Å². The van der Waals surface area contributed by atoms with Crippen molar-refractivity contribution in [1.29, 1.82) is 0 Å². The van der Waals surface area contributed by atoms with Crippen LogP contribution in [0.5, 0.6) is 5.75 Å². The number of carbonyl (C=O) groups is 1. The monoisotopic (exact) mass is 261 g/mol. The summed E-state index contributed by atoms with van der Waals surface area (Å²) < 4.78 is 0. The molecule has 0 bridgehead atoms. The van der Waals surface area contributed by atoms with Crippen molar-refractivity contribution in [2.24, 2.45) is 11.8 Å². The molecule has 2 N–H and O–H groups in total. The highest BCUT2D eigenvalue weighted by Gasteiger charge is 2.20. The molecular formula is C16H23NO2. The molecule has 0 aliphatic heterocycles. The third-order valence-electron chi connectivity index (χ3n) is 3.99. The number of benzene rings is 1. The molecule has 0 heterocycles. The predicted octanol–water partition coefficient (Wildman–Crippen LogP) is 3.26. The van der Waals surface area contributed by atoms with Crippen LogP contribution >= 0.6 is 0 Å². The van der Waals surface area contributed by atoms with Crippen LogP contribution in [0.2, 0.25) is 0 Å². The first kappa shape index (κ1) is 13.9. The maximum Gasteiger partial charge on any atom is 0.255 e. The molecule has 3 heteroatoms. The van der Waals surface area contributed by atoms with E-state index in [0.717, 1.165) is 18.0 Å². The van der Waals surface area contributed by atoms with E-state index in [9.17, 15) is 9.90 Å². The van der Waals surface area contributed by atoms with Gasteiger partial charge in [-0.3, -0.25) is 4.79 Å². The van der Waals surface area contributed by atoms with Gasteiger partial charge >= 0.3 is 0 Å². The lowest BCUT2D eigenvalue weighted by Crippen LogP contribution is -2.31. The van der Waals surface area contributed by atoms with Crippen LogP contribution in [-0.4, -0.2) is 17.6 Å². The maximum atomic E-state index is 12.0. The van der Waals surface area contributed by atoms with Crippen molar-refractivity contribution in [3.63, 3.8) is 0 Å². The van der Waals surface area contributed by atoms with E-state index in [2.05, 4.69) is 12.2 Å². The second-order valence-electron chi connectivity index (χ2n) is 5.87. The normalized spacial score (nSPS) is 23.1. The second kappa shape index (κ2) is 6.09. The van der Waals surface area contributed by atoms with E-state index >= 15 is 0 Å². The summed E-state index contributed by atoms with van der Waals surface area (Å²) in [5, 5.41) is 12.7. The van der Waals surface area contributed by atoms with Crippen molar-refractivity contribution in [1.82, 2.24) is 5.32 Å². The zero-order valence-corrected chi connectivity index (χ0v) is 11.8. The molecule has 104 valence electrons. The van der Waals surface area contributed by atoms with Crippen LogP contribution in [0.4, 0.5) is 0 Å². The Morgan fingerprint density at radius 3 is 2.89 bits per heavy atom. The molecule has 2 atom stereocenters. The van der Waals surface area contributed by atoms with Gasteiger partial charge < -0.3 is 10.4 Å². The summed E-state index contributed by atoms with van der Waals surface area (Å²) in [5.41, 5.74) is 1.32. The summed E-state index contributed by atoms with van der Waals surface area (Å²) in [5.74, 6) is 1.24. The van der Waals surface area contributed by atoms with E-state index in [-0.39, 0.29) is 11.7 Å². The number of phenols is 1. The Balaban J connectivity index is 1.90. The summed E-state index contributed by atoms with van der Waals surface area (Å²) in [4.78, 5) is 12.0. The zero-order valence-electron chi connectivity index (χ0n) is 11.8. The molecule has 2 rings (SSSR count). The Morgan fingerprint density at radius 2 is 2.21 bits per heavy atom. The molecule has 0 aromatic heterocycles. The van der Waals surface area contributed by atoms with Crippen molar-refractivity contribution < 1.29 is 9.90 Å². The fourth-order valence-corrected chi connectivity index (χ4v) is 2.91.